The van der Waals surface area contributed by atoms with E-state index in [1.165, 1.54) is 0 Å². The third-order valence-corrected chi connectivity index (χ3v) is 6.69. The second-order valence-corrected chi connectivity index (χ2v) is 11.4. The lowest BCUT2D eigenvalue weighted by Crippen LogP contribution is -2.57. The Labute approximate surface area is 246 Å². The summed E-state index contributed by atoms with van der Waals surface area (Å²) in [5, 5.41) is 18.5. The average molecular weight is 587 g/mol. The van der Waals surface area contributed by atoms with Crippen LogP contribution in [0.15, 0.2) is 35.5 Å². The number of nitrogens with two attached hydrogens (primary N) is 3. The number of fused-ring (bicyclic) bond motifs is 1. The first-order chi connectivity index (χ1) is 19.8. The number of aromatic nitrogens is 1. The molecule has 11 N–H and O–H groups in total. The van der Waals surface area contributed by atoms with Crippen molar-refractivity contribution in [3.05, 3.63) is 36.0 Å². The lowest BCUT2D eigenvalue weighted by molar-refractivity contribution is -0.143. The Hall–Kier alpha value is -4.13. The van der Waals surface area contributed by atoms with Gasteiger partial charge in [-0.15, -0.1) is 0 Å². The monoisotopic (exact) mass is 586 g/mol. The largest absolute Gasteiger partial charge is 0.480 e. The molecule has 0 aliphatic rings. The molecule has 0 bridgehead atoms. The number of carbonyl (C=O) groups excluding carboxylic acids is 3. The second kappa shape index (κ2) is 16.3. The maximum atomic E-state index is 13.5. The van der Waals surface area contributed by atoms with Crippen LogP contribution in [-0.2, 0) is 25.6 Å². The summed E-state index contributed by atoms with van der Waals surface area (Å²) < 4.78 is 0. The van der Waals surface area contributed by atoms with Gasteiger partial charge in [0.2, 0.25) is 17.7 Å². The van der Waals surface area contributed by atoms with Crippen LogP contribution in [0, 0.1) is 11.8 Å². The summed E-state index contributed by atoms with van der Waals surface area (Å²) in [6.07, 6.45) is 3.08. The predicted molar refractivity (Wildman–Crippen MR) is 162 cm³/mol. The highest BCUT2D eigenvalue weighted by Gasteiger charge is 2.31. The first kappa shape index (κ1) is 34.1. The van der Waals surface area contributed by atoms with Gasteiger partial charge < -0.3 is 43.2 Å². The van der Waals surface area contributed by atoms with Gasteiger partial charge in [-0.05, 0) is 55.6 Å². The van der Waals surface area contributed by atoms with E-state index in [0.29, 0.717) is 6.42 Å². The third-order valence-electron chi connectivity index (χ3n) is 6.69. The van der Waals surface area contributed by atoms with E-state index in [2.05, 4.69) is 25.9 Å². The molecule has 0 spiro atoms. The van der Waals surface area contributed by atoms with Gasteiger partial charge in [-0.3, -0.25) is 19.4 Å². The van der Waals surface area contributed by atoms with Crippen molar-refractivity contribution in [1.82, 2.24) is 20.9 Å². The number of guanidine groups is 1. The highest BCUT2D eigenvalue weighted by atomic mass is 16.4. The first-order valence-electron chi connectivity index (χ1n) is 14.3. The fourth-order valence-corrected chi connectivity index (χ4v) is 4.62. The Morgan fingerprint density at radius 3 is 2.07 bits per heavy atom. The molecule has 3 amide bonds. The molecule has 232 valence electrons. The SMILES string of the molecule is CC(C)CC(NC(=O)C(CC(C)C)NC(=O)C(CCCN=C(N)N)NC(=O)C(N)Cc1c[nH]c2ccccc12)C(=O)O. The van der Waals surface area contributed by atoms with Crippen LogP contribution in [0.25, 0.3) is 10.9 Å². The lowest BCUT2D eigenvalue weighted by Gasteiger charge is -2.26. The van der Waals surface area contributed by atoms with Gasteiger partial charge in [0, 0.05) is 23.6 Å². The fourth-order valence-electron chi connectivity index (χ4n) is 4.62. The molecule has 1 aromatic heterocycles. The summed E-state index contributed by atoms with van der Waals surface area (Å²) in [4.78, 5) is 58.5. The molecule has 4 unspecified atom stereocenters. The van der Waals surface area contributed by atoms with Crippen LogP contribution in [0.3, 0.4) is 0 Å². The number of carbonyl (C=O) groups is 4. The van der Waals surface area contributed by atoms with E-state index in [1.54, 1.807) is 6.20 Å². The molecule has 4 atom stereocenters. The van der Waals surface area contributed by atoms with E-state index in [0.717, 1.165) is 16.5 Å². The zero-order valence-corrected chi connectivity index (χ0v) is 24.9. The van der Waals surface area contributed by atoms with Crippen molar-refractivity contribution in [3.8, 4) is 0 Å². The number of carboxylic acids is 1. The van der Waals surface area contributed by atoms with E-state index in [-0.39, 0.29) is 50.0 Å². The number of aliphatic carboxylic acids is 1. The molecular formula is C29H46N8O5. The standard InChI is InChI=1S/C29H46N8O5/c1-16(2)12-23(27(40)37-24(28(41)42)13-17(3)4)36-26(39)22(10-7-11-33-29(31)32)35-25(38)20(30)14-18-15-34-21-9-6-5-8-19(18)21/h5-6,8-9,15-17,20,22-24,34H,7,10-14,30H2,1-4H3,(H,35,38)(H,36,39)(H,37,40)(H,41,42)(H4,31,32,33). The van der Waals surface area contributed by atoms with Gasteiger partial charge in [0.1, 0.15) is 18.1 Å². The van der Waals surface area contributed by atoms with Crippen LogP contribution in [0.2, 0.25) is 0 Å². The second-order valence-electron chi connectivity index (χ2n) is 11.4. The average Bonchev–Trinajstić information content (AvgIpc) is 3.31. The smallest absolute Gasteiger partial charge is 0.326 e. The van der Waals surface area contributed by atoms with Crippen LogP contribution in [0.1, 0.15) is 58.9 Å². The molecule has 42 heavy (non-hydrogen) atoms. The number of amides is 3. The summed E-state index contributed by atoms with van der Waals surface area (Å²) >= 11 is 0. The molecule has 0 aliphatic heterocycles. The number of aliphatic imine (C=N–C) groups is 1. The Morgan fingerprint density at radius 1 is 0.881 bits per heavy atom. The maximum absolute atomic E-state index is 13.5. The summed E-state index contributed by atoms with van der Waals surface area (Å²) in [6, 6.07) is 3.57. The molecule has 2 rings (SSSR count). The number of hydrogen-bond acceptors (Lipinski definition) is 6. The van der Waals surface area contributed by atoms with Gasteiger partial charge in [-0.1, -0.05) is 45.9 Å². The molecular weight excluding hydrogens is 540 g/mol. The quantitative estimate of drug-likeness (QED) is 0.0746. The fraction of sp³-hybridized carbons (Fsp3) is 0.552. The third kappa shape index (κ3) is 11.0. The molecule has 0 saturated heterocycles. The van der Waals surface area contributed by atoms with E-state index in [4.69, 9.17) is 17.2 Å². The van der Waals surface area contributed by atoms with Crippen molar-refractivity contribution < 1.29 is 24.3 Å². The van der Waals surface area contributed by atoms with Gasteiger partial charge in [-0.25, -0.2) is 4.79 Å². The highest BCUT2D eigenvalue weighted by molar-refractivity contribution is 5.94. The van der Waals surface area contributed by atoms with Gasteiger partial charge >= 0.3 is 5.97 Å². The van der Waals surface area contributed by atoms with Crippen LogP contribution in [0.4, 0.5) is 0 Å². The van der Waals surface area contributed by atoms with Crippen LogP contribution < -0.4 is 33.2 Å². The molecule has 1 heterocycles. The molecule has 1 aromatic carbocycles. The van der Waals surface area contributed by atoms with E-state index in [9.17, 15) is 24.3 Å². The van der Waals surface area contributed by atoms with Crippen LogP contribution in [0.5, 0.6) is 0 Å². The van der Waals surface area contributed by atoms with Crippen molar-refractivity contribution in [2.45, 2.75) is 84.0 Å². The summed E-state index contributed by atoms with van der Waals surface area (Å²) in [6.45, 7) is 7.71. The zero-order valence-electron chi connectivity index (χ0n) is 24.9. The van der Waals surface area contributed by atoms with Crippen molar-refractivity contribution in [2.75, 3.05) is 6.54 Å². The van der Waals surface area contributed by atoms with Crippen molar-refractivity contribution in [1.29, 1.82) is 0 Å². The maximum Gasteiger partial charge on any atom is 0.326 e. The number of rotatable bonds is 17. The first-order valence-corrected chi connectivity index (χ1v) is 14.3. The van der Waals surface area contributed by atoms with Gasteiger partial charge in [0.05, 0.1) is 6.04 Å². The molecule has 2 aromatic rings. The van der Waals surface area contributed by atoms with Crippen molar-refractivity contribution in [3.63, 3.8) is 0 Å². The number of H-pyrrole nitrogens is 1. The minimum Gasteiger partial charge on any atom is -0.480 e. The minimum atomic E-state index is -1.15. The Balaban J connectivity index is 2.18. The normalized spacial score (nSPS) is 14.2. The topological polar surface area (TPSA) is 231 Å². The number of benzene rings is 1. The predicted octanol–water partition coefficient (Wildman–Crippen LogP) is 0.723. The van der Waals surface area contributed by atoms with Crippen LogP contribution in [-0.4, -0.2) is 70.5 Å². The molecule has 0 radical (unpaired) electrons. The molecule has 0 aliphatic carbocycles. The summed E-state index contributed by atoms with van der Waals surface area (Å²) in [5.41, 5.74) is 18.8. The molecule has 0 saturated carbocycles. The Kier molecular flexibility index (Phi) is 13.3. The van der Waals surface area contributed by atoms with Crippen LogP contribution >= 0.6 is 0 Å². The number of carboxylic acid groups (broad SMARTS) is 1. The number of nitrogens with zero attached hydrogens (tertiary/aromatic N) is 1. The number of aromatic amines is 1. The zero-order chi connectivity index (χ0) is 31.4. The Morgan fingerprint density at radius 2 is 1.45 bits per heavy atom. The van der Waals surface area contributed by atoms with Gasteiger partial charge in [0.15, 0.2) is 5.96 Å². The summed E-state index contributed by atoms with van der Waals surface area (Å²) in [7, 11) is 0. The van der Waals surface area contributed by atoms with Crippen molar-refractivity contribution in [2.24, 2.45) is 34.0 Å². The summed E-state index contributed by atoms with van der Waals surface area (Å²) in [5.74, 6) is -2.94. The number of para-hydroxylation sites is 1. The Bertz CT molecular complexity index is 1240. The van der Waals surface area contributed by atoms with E-state index in [1.807, 2.05) is 52.0 Å². The van der Waals surface area contributed by atoms with Crippen molar-refractivity contribution >= 4 is 40.6 Å². The van der Waals surface area contributed by atoms with Gasteiger partial charge in [-0.2, -0.15) is 0 Å². The highest BCUT2D eigenvalue weighted by Crippen LogP contribution is 2.19. The number of hydrogen-bond donors (Lipinski definition) is 8. The molecule has 0 fully saturated rings. The number of nitrogens with one attached hydrogen (secondary N) is 4. The van der Waals surface area contributed by atoms with E-state index >= 15 is 0 Å². The molecule has 13 heteroatoms. The lowest BCUT2D eigenvalue weighted by atomic mass is 9.99. The minimum absolute atomic E-state index is 0.00827. The van der Waals surface area contributed by atoms with E-state index < -0.39 is 47.9 Å². The molecule has 13 nitrogen and oxygen atoms in total. The van der Waals surface area contributed by atoms with Gasteiger partial charge in [0.25, 0.3) is 0 Å².